The van der Waals surface area contributed by atoms with E-state index in [2.05, 4.69) is 4.90 Å². The van der Waals surface area contributed by atoms with Gasteiger partial charge in [-0.05, 0) is 31.2 Å². The molecule has 0 bridgehead atoms. The van der Waals surface area contributed by atoms with E-state index in [1.54, 1.807) is 12.1 Å². The Balaban J connectivity index is 1.98. The molecule has 1 fully saturated rings. The number of phenols is 1. The number of hydrogen-bond donors (Lipinski definition) is 1. The first-order valence-corrected chi connectivity index (χ1v) is 7.47. The molecule has 0 aromatic heterocycles. The van der Waals surface area contributed by atoms with Gasteiger partial charge >= 0.3 is 0 Å². The highest BCUT2D eigenvalue weighted by molar-refractivity contribution is 7.91. The normalized spacial score (nSPS) is 23.1. The van der Waals surface area contributed by atoms with Crippen LogP contribution < -0.4 is 0 Å². The zero-order valence-corrected chi connectivity index (χ0v) is 10.7. The molecular formula is C12H17NO3S. The summed E-state index contributed by atoms with van der Waals surface area (Å²) in [6.07, 6.45) is 0.719. The first-order valence-electron chi connectivity index (χ1n) is 5.65. The molecule has 0 aliphatic carbocycles. The summed E-state index contributed by atoms with van der Waals surface area (Å²) < 4.78 is 22.8. The maximum Gasteiger partial charge on any atom is 0.151 e. The van der Waals surface area contributed by atoms with Crippen molar-refractivity contribution in [1.29, 1.82) is 0 Å². The predicted octanol–water partition coefficient (Wildman–Crippen LogP) is 1.01. The fourth-order valence-corrected chi connectivity index (χ4v) is 3.95. The Morgan fingerprint density at radius 3 is 2.53 bits per heavy atom. The van der Waals surface area contributed by atoms with Crippen molar-refractivity contribution in [2.75, 3.05) is 18.6 Å². The zero-order chi connectivity index (χ0) is 12.5. The van der Waals surface area contributed by atoms with Crippen LogP contribution in [0.5, 0.6) is 5.75 Å². The lowest BCUT2D eigenvalue weighted by atomic mass is 10.1. The van der Waals surface area contributed by atoms with Crippen LogP contribution in [0, 0.1) is 0 Å². The molecule has 17 heavy (non-hydrogen) atoms. The van der Waals surface area contributed by atoms with Gasteiger partial charge in [-0.25, -0.2) is 8.42 Å². The summed E-state index contributed by atoms with van der Waals surface area (Å²) in [5.41, 5.74) is 1.08. The molecule has 1 aliphatic rings. The Kier molecular flexibility index (Phi) is 3.40. The average Bonchev–Trinajstić information content (AvgIpc) is 2.62. The molecule has 1 saturated heterocycles. The van der Waals surface area contributed by atoms with Gasteiger partial charge in [0.25, 0.3) is 0 Å². The van der Waals surface area contributed by atoms with Crippen molar-refractivity contribution in [2.45, 2.75) is 19.0 Å². The minimum absolute atomic E-state index is 0.119. The fourth-order valence-electron chi connectivity index (χ4n) is 2.14. The Morgan fingerprint density at radius 1 is 1.35 bits per heavy atom. The maximum absolute atomic E-state index is 11.4. The summed E-state index contributed by atoms with van der Waals surface area (Å²) in [6.45, 7) is 0.709. The Hall–Kier alpha value is -1.07. The van der Waals surface area contributed by atoms with Crippen LogP contribution >= 0.6 is 0 Å². The largest absolute Gasteiger partial charge is 0.508 e. The summed E-state index contributed by atoms with van der Waals surface area (Å²) in [7, 11) is -0.878. The highest BCUT2D eigenvalue weighted by Crippen LogP contribution is 2.19. The second kappa shape index (κ2) is 4.66. The van der Waals surface area contributed by atoms with Gasteiger partial charge in [0.1, 0.15) is 5.75 Å². The number of nitrogens with zero attached hydrogens (tertiary/aromatic N) is 1. The van der Waals surface area contributed by atoms with Crippen LogP contribution in [-0.4, -0.2) is 43.0 Å². The maximum atomic E-state index is 11.4. The number of phenolic OH excluding ortho intramolecular Hbond substituents is 1. The van der Waals surface area contributed by atoms with Crippen LogP contribution in [0.15, 0.2) is 24.3 Å². The molecule has 0 spiro atoms. The van der Waals surface area contributed by atoms with E-state index in [1.807, 2.05) is 19.2 Å². The van der Waals surface area contributed by atoms with Gasteiger partial charge in [-0.2, -0.15) is 0 Å². The number of benzene rings is 1. The summed E-state index contributed by atoms with van der Waals surface area (Å²) in [4.78, 5) is 2.07. The highest BCUT2D eigenvalue weighted by Gasteiger charge is 2.30. The van der Waals surface area contributed by atoms with Gasteiger partial charge in [0.05, 0.1) is 11.5 Å². The molecule has 0 radical (unpaired) electrons. The highest BCUT2D eigenvalue weighted by atomic mass is 32.2. The van der Waals surface area contributed by atoms with Crippen molar-refractivity contribution in [3.8, 4) is 5.75 Å². The molecule has 1 atom stereocenters. The zero-order valence-electron chi connectivity index (χ0n) is 9.83. The smallest absolute Gasteiger partial charge is 0.151 e. The monoisotopic (exact) mass is 255 g/mol. The van der Waals surface area contributed by atoms with Crippen molar-refractivity contribution < 1.29 is 13.5 Å². The SMILES string of the molecule is CN(Cc1ccc(O)cc1)C1CCS(=O)(=O)C1. The fraction of sp³-hybridized carbons (Fsp3) is 0.500. The average molecular weight is 255 g/mol. The number of aromatic hydroxyl groups is 1. The molecule has 1 heterocycles. The first kappa shape index (κ1) is 12.4. The quantitative estimate of drug-likeness (QED) is 0.876. The number of rotatable bonds is 3. The molecule has 0 saturated carbocycles. The van der Waals surface area contributed by atoms with E-state index in [9.17, 15) is 13.5 Å². The molecule has 0 amide bonds. The van der Waals surface area contributed by atoms with E-state index in [-0.39, 0.29) is 17.5 Å². The number of sulfone groups is 1. The van der Waals surface area contributed by atoms with Gasteiger partial charge in [0.15, 0.2) is 9.84 Å². The molecule has 1 aromatic rings. The van der Waals surface area contributed by atoms with Crippen LogP contribution in [0.25, 0.3) is 0 Å². The predicted molar refractivity (Wildman–Crippen MR) is 66.6 cm³/mol. The third-order valence-electron chi connectivity index (χ3n) is 3.20. The third kappa shape index (κ3) is 3.20. The Bertz CT molecular complexity index is 481. The van der Waals surface area contributed by atoms with Crippen molar-refractivity contribution >= 4 is 9.84 Å². The van der Waals surface area contributed by atoms with Gasteiger partial charge in [-0.15, -0.1) is 0 Å². The van der Waals surface area contributed by atoms with Crippen molar-refractivity contribution in [3.05, 3.63) is 29.8 Å². The second-order valence-corrected chi connectivity index (χ2v) is 6.87. The van der Waals surface area contributed by atoms with Crippen LogP contribution in [0.3, 0.4) is 0 Å². The molecule has 2 rings (SSSR count). The van der Waals surface area contributed by atoms with E-state index in [1.165, 1.54) is 0 Å². The molecule has 94 valence electrons. The van der Waals surface area contributed by atoms with Crippen LogP contribution in [0.4, 0.5) is 0 Å². The minimum Gasteiger partial charge on any atom is -0.508 e. The second-order valence-electron chi connectivity index (χ2n) is 4.64. The van der Waals surface area contributed by atoms with Crippen molar-refractivity contribution in [2.24, 2.45) is 0 Å². The van der Waals surface area contributed by atoms with E-state index >= 15 is 0 Å². The third-order valence-corrected chi connectivity index (χ3v) is 4.95. The lowest BCUT2D eigenvalue weighted by Crippen LogP contribution is -2.32. The minimum atomic E-state index is -2.82. The van der Waals surface area contributed by atoms with Gasteiger partial charge in [-0.3, -0.25) is 4.90 Å². The lowest BCUT2D eigenvalue weighted by Gasteiger charge is -2.22. The summed E-state index contributed by atoms with van der Waals surface area (Å²) >= 11 is 0. The van der Waals surface area contributed by atoms with Gasteiger partial charge < -0.3 is 5.11 Å². The van der Waals surface area contributed by atoms with E-state index in [0.29, 0.717) is 12.3 Å². The molecular weight excluding hydrogens is 238 g/mol. The Labute approximate surface area is 102 Å². The van der Waals surface area contributed by atoms with Crippen LogP contribution in [0.1, 0.15) is 12.0 Å². The van der Waals surface area contributed by atoms with Gasteiger partial charge in [-0.1, -0.05) is 12.1 Å². The molecule has 1 aromatic carbocycles. The molecule has 4 nitrogen and oxygen atoms in total. The Morgan fingerprint density at radius 2 is 2.00 bits per heavy atom. The molecule has 1 unspecified atom stereocenters. The van der Waals surface area contributed by atoms with Crippen molar-refractivity contribution in [1.82, 2.24) is 4.90 Å². The summed E-state index contributed by atoms with van der Waals surface area (Å²) in [6, 6.07) is 7.13. The van der Waals surface area contributed by atoms with Gasteiger partial charge in [0.2, 0.25) is 0 Å². The van der Waals surface area contributed by atoms with Crippen molar-refractivity contribution in [3.63, 3.8) is 0 Å². The van der Waals surface area contributed by atoms with E-state index < -0.39 is 9.84 Å². The first-order chi connectivity index (χ1) is 7.96. The topological polar surface area (TPSA) is 57.6 Å². The molecule has 1 N–H and O–H groups in total. The van der Waals surface area contributed by atoms with E-state index in [0.717, 1.165) is 12.0 Å². The molecule has 1 aliphatic heterocycles. The van der Waals surface area contributed by atoms with Gasteiger partial charge in [0, 0.05) is 12.6 Å². The standard InChI is InChI=1S/C12H17NO3S/c1-13(11-6-7-17(15,16)9-11)8-10-2-4-12(14)5-3-10/h2-5,11,14H,6-9H2,1H3. The van der Waals surface area contributed by atoms with Crippen LogP contribution in [0.2, 0.25) is 0 Å². The lowest BCUT2D eigenvalue weighted by molar-refractivity contribution is 0.254. The molecule has 5 heteroatoms. The van der Waals surface area contributed by atoms with Crippen LogP contribution in [-0.2, 0) is 16.4 Å². The summed E-state index contributed by atoms with van der Waals surface area (Å²) in [5, 5.41) is 9.18. The number of hydrogen-bond acceptors (Lipinski definition) is 4. The van der Waals surface area contributed by atoms with E-state index in [4.69, 9.17) is 0 Å². The summed E-state index contributed by atoms with van der Waals surface area (Å²) in [5.74, 6) is 0.818.